The minimum absolute atomic E-state index is 0.0550. The van der Waals surface area contributed by atoms with Gasteiger partial charge in [0.05, 0.1) is 93.8 Å². The maximum absolute atomic E-state index is 14.3. The number of aliphatic hydroxyl groups is 1. The van der Waals surface area contributed by atoms with Gasteiger partial charge in [-0.3, -0.25) is 47.9 Å². The highest BCUT2D eigenvalue weighted by atomic mass is 19.4. The Morgan fingerprint density at radius 3 is 0.698 bits per heavy atom. The molecule has 0 heterocycles. The molecular weight excluding hydrogens is 2040 g/mol. The fourth-order valence-electron chi connectivity index (χ4n) is 8.21. The highest BCUT2D eigenvalue weighted by molar-refractivity contribution is 5.81. The quantitative estimate of drug-likeness (QED) is 0.0256. The Kier molecular flexibility index (Phi) is 71.3. The van der Waals surface area contributed by atoms with Crippen LogP contribution in [-0.4, -0.2) is 202 Å². The predicted octanol–water partition coefficient (Wildman–Crippen LogP) is 29.8. The Morgan fingerprint density at radius 2 is 0.477 bits per heavy atom. The number of rotatable bonds is 44. The van der Waals surface area contributed by atoms with E-state index in [1.54, 1.807) is 62.3 Å². The van der Waals surface area contributed by atoms with Gasteiger partial charge < -0.3 is 57.2 Å². The lowest BCUT2D eigenvalue weighted by molar-refractivity contribution is -0.522. The van der Waals surface area contributed by atoms with Crippen LogP contribution < -0.4 is 0 Å². The molecule has 890 valence electrons. The van der Waals surface area contributed by atoms with E-state index < -0.39 is 156 Å². The van der Waals surface area contributed by atoms with Crippen LogP contribution in [0.2, 0.25) is 0 Å². The summed E-state index contributed by atoms with van der Waals surface area (Å²) in [7, 11) is 0. The van der Waals surface area contributed by atoms with E-state index in [2.05, 4.69) is 67.4 Å². The van der Waals surface area contributed by atoms with E-state index in [0.29, 0.717) is 71.7 Å². The highest BCUT2D eigenvalue weighted by Crippen LogP contribution is 2.72. The van der Waals surface area contributed by atoms with Crippen molar-refractivity contribution in [2.24, 2.45) is 65.5 Å². The van der Waals surface area contributed by atoms with Crippen LogP contribution in [0.1, 0.15) is 406 Å². The van der Waals surface area contributed by atoms with Gasteiger partial charge in [0.1, 0.15) is 6.10 Å². The summed E-state index contributed by atoms with van der Waals surface area (Å²) in [5.41, 5.74) is -16.9. The van der Waals surface area contributed by atoms with Crippen LogP contribution in [0.25, 0.3) is 0 Å². The maximum Gasteiger partial charge on any atom is 0.448 e. The first-order valence-corrected chi connectivity index (χ1v) is 50.2. The van der Waals surface area contributed by atoms with E-state index in [1.165, 1.54) is 6.92 Å². The average Bonchev–Trinajstić information content (AvgIpc) is 0.650. The smallest absolute Gasteiger partial charge is 0.448 e. The molecule has 0 bridgehead atoms. The van der Waals surface area contributed by atoms with Crippen LogP contribution in [0.15, 0.2) is 0 Å². The van der Waals surface area contributed by atoms with E-state index >= 15 is 0 Å². The topological polar surface area (TPSA) is 310 Å². The maximum atomic E-state index is 14.3. The highest BCUT2D eigenvalue weighted by Gasteiger charge is 3.06. The van der Waals surface area contributed by atoms with Crippen LogP contribution in [-0.2, 0) is 105 Å². The van der Waals surface area contributed by atoms with Crippen LogP contribution in [0, 0.1) is 65.5 Å². The fourth-order valence-corrected chi connectivity index (χ4v) is 8.21. The van der Waals surface area contributed by atoms with E-state index in [1.807, 2.05) is 138 Å². The second-order valence-corrected chi connectivity index (χ2v) is 44.1. The first kappa shape index (κ1) is 159. The lowest BCUT2D eigenvalue weighted by atomic mass is 9.71. The van der Waals surface area contributed by atoms with E-state index in [9.17, 15) is 154 Å². The molecule has 23 nitrogen and oxygen atoms in total. The third-order valence-corrected chi connectivity index (χ3v) is 24.2. The second kappa shape index (κ2) is 66.7. The molecule has 1 aliphatic rings. The Hall–Kier alpha value is -7.41. The molecule has 0 aromatic rings. The van der Waals surface area contributed by atoms with Crippen molar-refractivity contribution in [3.8, 4) is 0 Å². The molecule has 0 spiro atoms. The molecule has 0 aromatic heterocycles. The number of halogens is 22. The SMILES string of the molecule is CCC(C)(C)C(=O)OC(C)CC(C)(O)C(F)(F)F.CCC(C)(C)C(=O)OC(F)(F)C1(F)C(F)(F)C(F)(F)C(F)(F)C(F)(F)C1(F)F.CCC(C)(C)C(=O)OCC(=O)OCC(F)(F)F.CCC(C)(C)C(=O)OCC(C)(C)C.CCC(C)(C)C(=O)OCC(C)C.CCC(C)(C)C(=O)OCC(F)(F)F.CCCCOC(=O)C(C)(C)CC.CCCCOC(=O)C(C)(C)CC.CCCCOC(=O)C(C)(C)CC.CCCCOC(=O)C(C)(C)CC. The van der Waals surface area contributed by atoms with Gasteiger partial charge in [-0.2, -0.15) is 92.2 Å². The molecular formula is C104H182F22O23. The van der Waals surface area contributed by atoms with Crippen LogP contribution in [0.4, 0.5) is 96.6 Å². The van der Waals surface area contributed by atoms with E-state index in [4.69, 9.17) is 33.2 Å². The summed E-state index contributed by atoms with van der Waals surface area (Å²) < 4.78 is 334. The molecule has 0 amide bonds. The summed E-state index contributed by atoms with van der Waals surface area (Å²) in [6.07, 6.45) is -8.44. The Bertz CT molecular complexity index is 3670. The van der Waals surface area contributed by atoms with Crippen molar-refractivity contribution < 1.29 is 207 Å². The molecule has 0 aromatic carbocycles. The van der Waals surface area contributed by atoms with Gasteiger partial charge in [-0.15, -0.1) is 0 Å². The lowest BCUT2D eigenvalue weighted by Crippen LogP contribution is -2.87. The first-order chi connectivity index (χ1) is 66.3. The number of carbonyl (C=O) groups is 11. The van der Waals surface area contributed by atoms with Gasteiger partial charge in [0.25, 0.3) is 0 Å². The van der Waals surface area contributed by atoms with Crippen molar-refractivity contribution in [1.82, 2.24) is 0 Å². The second-order valence-electron chi connectivity index (χ2n) is 44.1. The molecule has 0 saturated heterocycles. The number of unbranched alkanes of at least 4 members (excludes halogenated alkanes) is 4. The Morgan fingerprint density at radius 1 is 0.268 bits per heavy atom. The normalized spacial score (nSPS) is 15.5. The number of esters is 11. The number of alkyl halides is 22. The minimum atomic E-state index is -7.81. The fraction of sp³-hybridized carbons (Fsp3) is 0.894. The minimum Gasteiger partial charge on any atom is -0.465 e. The largest absolute Gasteiger partial charge is 0.465 e. The van der Waals surface area contributed by atoms with Gasteiger partial charge >= 0.3 is 126 Å². The predicted molar refractivity (Wildman–Crippen MR) is 522 cm³/mol. The summed E-state index contributed by atoms with van der Waals surface area (Å²) in [5, 5.41) is 9.28. The average molecular weight is 2220 g/mol. The van der Waals surface area contributed by atoms with Gasteiger partial charge in [0.15, 0.2) is 25.4 Å². The number of ether oxygens (including phenoxy) is 11. The lowest BCUT2D eigenvalue weighted by Gasteiger charge is -2.53. The number of hydrogen-bond acceptors (Lipinski definition) is 23. The van der Waals surface area contributed by atoms with E-state index in [0.717, 1.165) is 111 Å². The van der Waals surface area contributed by atoms with Gasteiger partial charge in [0, 0.05) is 6.42 Å². The summed E-state index contributed by atoms with van der Waals surface area (Å²) in [6, 6.07) is 0. The molecule has 0 radical (unpaired) electrons. The van der Waals surface area contributed by atoms with Crippen molar-refractivity contribution in [2.45, 2.75) is 477 Å². The zero-order valence-electron chi connectivity index (χ0n) is 96.2. The summed E-state index contributed by atoms with van der Waals surface area (Å²) in [6.45, 7) is 72.3. The Balaban J connectivity index is -0.000000212. The molecule has 1 saturated carbocycles. The van der Waals surface area contributed by atoms with Crippen LogP contribution in [0.5, 0.6) is 0 Å². The Labute approximate surface area is 871 Å². The molecule has 149 heavy (non-hydrogen) atoms. The summed E-state index contributed by atoms with van der Waals surface area (Å²) in [4.78, 5) is 125. The van der Waals surface area contributed by atoms with E-state index in [-0.39, 0.29) is 73.7 Å². The molecule has 1 fully saturated rings. The van der Waals surface area contributed by atoms with Gasteiger partial charge in [0.2, 0.25) is 0 Å². The monoisotopic (exact) mass is 2220 g/mol. The third-order valence-electron chi connectivity index (χ3n) is 24.2. The van der Waals surface area contributed by atoms with Crippen molar-refractivity contribution >= 4 is 65.7 Å². The molecule has 45 heteroatoms. The first-order valence-electron chi connectivity index (χ1n) is 50.2. The zero-order valence-corrected chi connectivity index (χ0v) is 96.2. The molecule has 1 rings (SSSR count). The van der Waals surface area contributed by atoms with Gasteiger partial charge in [-0.1, -0.05) is 157 Å². The summed E-state index contributed by atoms with van der Waals surface area (Å²) in [5.74, 6) is -44.4. The van der Waals surface area contributed by atoms with Crippen LogP contribution in [0.3, 0.4) is 0 Å². The van der Waals surface area contributed by atoms with Crippen molar-refractivity contribution in [3.63, 3.8) is 0 Å². The van der Waals surface area contributed by atoms with Crippen molar-refractivity contribution in [2.75, 3.05) is 59.5 Å². The molecule has 1 aliphatic carbocycles. The molecule has 2 unspecified atom stereocenters. The van der Waals surface area contributed by atoms with Gasteiger partial charge in [-0.25, -0.2) is 9.18 Å². The van der Waals surface area contributed by atoms with Crippen molar-refractivity contribution in [3.05, 3.63) is 0 Å². The van der Waals surface area contributed by atoms with Gasteiger partial charge in [-0.05, 0) is 254 Å². The standard InChI is InChI=1S/C13H11F13O2.C12H21F3O3.C11H22O2.C10H15F3O4.5C10H20O2.C8H13F3O2/c1-4-6(2,3)5(27)28-13(25,26)7(14)8(15,16)10(19,20)12(23,24)11(21,22)9(7,17)18;1-6-10(3,4)9(16)18-8(2)7-11(5,17)12(13,14)15;1-7-11(5,6)9(12)13-8-10(2,3)4;1-4-9(2,3)8(15)16-5-7(14)17-6-10(11,12)13;1-6-10(4,5)9(11)12-7-8(2)3;4*1-5-7-8-12-9(11)10(3,4)6-2;1-4-7(2,3)6(12)13-5-8(9,10)11/h4H2,1-3H3;8,17H,6-7H2,1-5H3;7-8H2,1-6H3;4-6H2,1-3H3;8H,6-7H2,1-5H3;4*5-8H2,1-4H3;4-5H2,1-3H3. The molecule has 1 N–H and O–H groups in total. The van der Waals surface area contributed by atoms with Crippen molar-refractivity contribution in [1.29, 1.82) is 0 Å². The number of carbonyl (C=O) groups excluding carboxylic acids is 11. The summed E-state index contributed by atoms with van der Waals surface area (Å²) >= 11 is 0. The number of hydrogen-bond donors (Lipinski definition) is 1. The third kappa shape index (κ3) is 57.6. The zero-order chi connectivity index (χ0) is 121. The molecule has 2 atom stereocenters. The van der Waals surface area contributed by atoms with Crippen LogP contribution >= 0.6 is 0 Å². The molecule has 0 aliphatic heterocycles.